The molecule has 2 heteroatoms. The lowest BCUT2D eigenvalue weighted by molar-refractivity contribution is 0.0956. The van der Waals surface area contributed by atoms with Crippen molar-refractivity contribution in [1.82, 2.24) is 5.32 Å². The molecule has 0 aliphatic rings. The fourth-order valence-corrected chi connectivity index (χ4v) is 1.28. The first-order valence-corrected chi connectivity index (χ1v) is 5.03. The van der Waals surface area contributed by atoms with Gasteiger partial charge in [-0.3, -0.25) is 4.79 Å². The van der Waals surface area contributed by atoms with E-state index in [1.807, 2.05) is 31.2 Å². The zero-order valence-electron chi connectivity index (χ0n) is 9.00. The molecule has 1 amide bonds. The summed E-state index contributed by atoms with van der Waals surface area (Å²) in [6, 6.07) is 7.77. The molecule has 0 spiro atoms. The number of hydrogen-bond acceptors (Lipinski definition) is 1. The molecule has 0 saturated heterocycles. The number of rotatable bonds is 3. The van der Waals surface area contributed by atoms with Gasteiger partial charge in [0.25, 0.3) is 5.91 Å². The Labute approximate surface area is 85.3 Å². The van der Waals surface area contributed by atoms with Crippen LogP contribution in [0.1, 0.15) is 42.6 Å². The fraction of sp³-hybridized carbons (Fsp3) is 0.417. The van der Waals surface area contributed by atoms with E-state index in [1.54, 1.807) is 0 Å². The smallest absolute Gasteiger partial charge is 0.251 e. The number of hydrogen-bond donors (Lipinski definition) is 1. The molecule has 1 aromatic rings. The maximum atomic E-state index is 11.4. The highest BCUT2D eigenvalue weighted by molar-refractivity contribution is 5.94. The summed E-state index contributed by atoms with van der Waals surface area (Å²) in [5.41, 5.74) is 1.99. The maximum absolute atomic E-state index is 11.4. The highest BCUT2D eigenvalue weighted by Gasteiger charge is 2.04. The molecule has 0 heterocycles. The largest absolute Gasteiger partial charge is 0.352 e. The molecular formula is C12H17NO. The van der Waals surface area contributed by atoms with E-state index in [0.29, 0.717) is 12.5 Å². The minimum Gasteiger partial charge on any atom is -0.352 e. The Hall–Kier alpha value is -1.31. The second kappa shape index (κ2) is 4.80. The average molecular weight is 191 g/mol. The lowest BCUT2D eigenvalue weighted by atomic mass is 10.0. The number of nitrogens with one attached hydrogen (secondary N) is 1. The quantitative estimate of drug-likeness (QED) is 0.781. The zero-order chi connectivity index (χ0) is 10.6. The van der Waals surface area contributed by atoms with Crippen LogP contribution >= 0.6 is 0 Å². The van der Waals surface area contributed by atoms with Crippen molar-refractivity contribution in [3.63, 3.8) is 0 Å². The van der Waals surface area contributed by atoms with Crippen LogP contribution in [0.5, 0.6) is 0 Å². The summed E-state index contributed by atoms with van der Waals surface area (Å²) in [4.78, 5) is 11.4. The minimum absolute atomic E-state index is 0.00260. The molecule has 1 aromatic carbocycles. The van der Waals surface area contributed by atoms with Crippen molar-refractivity contribution in [3.05, 3.63) is 35.4 Å². The molecule has 0 bridgehead atoms. The van der Waals surface area contributed by atoms with Gasteiger partial charge in [-0.1, -0.05) is 26.0 Å². The second-order valence-corrected chi connectivity index (χ2v) is 3.64. The van der Waals surface area contributed by atoms with Crippen LogP contribution in [-0.4, -0.2) is 12.5 Å². The van der Waals surface area contributed by atoms with E-state index in [4.69, 9.17) is 0 Å². The number of carbonyl (C=O) groups excluding carboxylic acids is 1. The summed E-state index contributed by atoms with van der Waals surface area (Å²) in [5.74, 6) is 0.515. The number of carbonyl (C=O) groups is 1. The van der Waals surface area contributed by atoms with E-state index in [0.717, 1.165) is 5.56 Å². The third kappa shape index (κ3) is 2.59. The Kier molecular flexibility index (Phi) is 3.69. The van der Waals surface area contributed by atoms with Crippen molar-refractivity contribution in [2.75, 3.05) is 6.54 Å². The van der Waals surface area contributed by atoms with Crippen molar-refractivity contribution < 1.29 is 4.79 Å². The van der Waals surface area contributed by atoms with Crippen molar-refractivity contribution >= 4 is 5.91 Å². The molecule has 0 atom stereocenters. The Bertz CT molecular complexity index is 301. The molecule has 14 heavy (non-hydrogen) atoms. The lowest BCUT2D eigenvalue weighted by Crippen LogP contribution is -2.22. The topological polar surface area (TPSA) is 29.1 Å². The monoisotopic (exact) mass is 191 g/mol. The molecule has 1 N–H and O–H groups in total. The molecule has 0 fully saturated rings. The summed E-state index contributed by atoms with van der Waals surface area (Å²) in [6.07, 6.45) is 0. The van der Waals surface area contributed by atoms with Gasteiger partial charge in [0.05, 0.1) is 0 Å². The first-order valence-electron chi connectivity index (χ1n) is 5.03. The van der Waals surface area contributed by atoms with E-state index in [1.165, 1.54) is 5.56 Å². The summed E-state index contributed by atoms with van der Waals surface area (Å²) in [6.45, 7) is 6.87. The van der Waals surface area contributed by atoms with Gasteiger partial charge in [-0.25, -0.2) is 0 Å². The van der Waals surface area contributed by atoms with Crippen LogP contribution in [0.4, 0.5) is 0 Å². The van der Waals surface area contributed by atoms with Gasteiger partial charge in [0, 0.05) is 12.1 Å². The summed E-state index contributed by atoms with van der Waals surface area (Å²) < 4.78 is 0. The Morgan fingerprint density at radius 1 is 1.29 bits per heavy atom. The van der Waals surface area contributed by atoms with Crippen molar-refractivity contribution in [2.45, 2.75) is 26.7 Å². The molecule has 0 aliphatic heterocycles. The molecule has 2 nitrogen and oxygen atoms in total. The predicted octanol–water partition coefficient (Wildman–Crippen LogP) is 2.56. The maximum Gasteiger partial charge on any atom is 0.251 e. The van der Waals surface area contributed by atoms with Crippen LogP contribution in [0.3, 0.4) is 0 Å². The summed E-state index contributed by atoms with van der Waals surface area (Å²) in [7, 11) is 0. The third-order valence-electron chi connectivity index (χ3n) is 2.18. The van der Waals surface area contributed by atoms with Crippen LogP contribution in [-0.2, 0) is 0 Å². The van der Waals surface area contributed by atoms with Crippen LogP contribution in [0.15, 0.2) is 24.3 Å². The highest BCUT2D eigenvalue weighted by Crippen LogP contribution is 2.14. The fourth-order valence-electron chi connectivity index (χ4n) is 1.28. The van der Waals surface area contributed by atoms with Crippen molar-refractivity contribution in [3.8, 4) is 0 Å². The molecule has 0 aliphatic carbocycles. The van der Waals surface area contributed by atoms with E-state index < -0.39 is 0 Å². The summed E-state index contributed by atoms with van der Waals surface area (Å²) >= 11 is 0. The van der Waals surface area contributed by atoms with E-state index in [2.05, 4.69) is 19.2 Å². The predicted molar refractivity (Wildman–Crippen MR) is 58.5 cm³/mol. The molecule has 1 rings (SSSR count). The van der Waals surface area contributed by atoms with Crippen molar-refractivity contribution in [2.24, 2.45) is 0 Å². The van der Waals surface area contributed by atoms with Gasteiger partial charge in [-0.05, 0) is 30.5 Å². The standard InChI is InChI=1S/C12H17NO/c1-4-13-12(14)11-7-5-10(6-8-11)9(2)3/h5-9H,4H2,1-3H3,(H,13,14). The van der Waals surface area contributed by atoms with Crippen LogP contribution < -0.4 is 5.32 Å². The van der Waals surface area contributed by atoms with E-state index in [-0.39, 0.29) is 5.91 Å². The molecule has 0 saturated carbocycles. The van der Waals surface area contributed by atoms with Gasteiger partial charge < -0.3 is 5.32 Å². The van der Waals surface area contributed by atoms with Crippen molar-refractivity contribution in [1.29, 1.82) is 0 Å². The van der Waals surface area contributed by atoms with Gasteiger partial charge in [0.2, 0.25) is 0 Å². The summed E-state index contributed by atoms with van der Waals surface area (Å²) in [5, 5.41) is 2.77. The van der Waals surface area contributed by atoms with Gasteiger partial charge >= 0.3 is 0 Å². The molecule has 0 radical (unpaired) electrons. The third-order valence-corrected chi connectivity index (χ3v) is 2.18. The van der Waals surface area contributed by atoms with Gasteiger partial charge in [0.15, 0.2) is 0 Å². The van der Waals surface area contributed by atoms with Crippen LogP contribution in [0.2, 0.25) is 0 Å². The normalized spacial score (nSPS) is 10.3. The van der Waals surface area contributed by atoms with Gasteiger partial charge in [0.1, 0.15) is 0 Å². The molecule has 0 aromatic heterocycles. The molecular weight excluding hydrogens is 174 g/mol. The zero-order valence-corrected chi connectivity index (χ0v) is 9.00. The Morgan fingerprint density at radius 3 is 2.29 bits per heavy atom. The number of amides is 1. The highest BCUT2D eigenvalue weighted by atomic mass is 16.1. The van der Waals surface area contributed by atoms with Crippen LogP contribution in [0.25, 0.3) is 0 Å². The average Bonchev–Trinajstić information content (AvgIpc) is 2.18. The second-order valence-electron chi connectivity index (χ2n) is 3.64. The number of benzene rings is 1. The first-order chi connectivity index (χ1) is 6.65. The molecule has 76 valence electrons. The molecule has 0 unspecified atom stereocenters. The Balaban J connectivity index is 2.78. The minimum atomic E-state index is 0.00260. The Morgan fingerprint density at radius 2 is 1.86 bits per heavy atom. The van der Waals surface area contributed by atoms with Gasteiger partial charge in [-0.2, -0.15) is 0 Å². The first kappa shape index (κ1) is 10.8. The van der Waals surface area contributed by atoms with E-state index >= 15 is 0 Å². The van der Waals surface area contributed by atoms with Gasteiger partial charge in [-0.15, -0.1) is 0 Å². The SMILES string of the molecule is CCNC(=O)c1ccc(C(C)C)cc1. The van der Waals surface area contributed by atoms with E-state index in [9.17, 15) is 4.79 Å². The van der Waals surface area contributed by atoms with Crippen LogP contribution in [0, 0.1) is 0 Å². The lowest BCUT2D eigenvalue weighted by Gasteiger charge is -2.06.